The standard InChI is InChI=1S/C29H36N6O3S/c1-5-22-30-20-8-6-7-9-21(20)35(22)28-31-23-18(2)24(27(36)34-12-10-19(11-13-34)29(3,4)37)39-25(23)26(32-28)33-14-16-38-17-15-33/h6-9,19,37H,5,10-17H2,1-4H3. The fraction of sp³-hybridized carbons (Fsp3) is 0.517. The van der Waals surface area contributed by atoms with Crippen LogP contribution in [0.25, 0.3) is 27.2 Å². The highest BCUT2D eigenvalue weighted by Crippen LogP contribution is 2.38. The molecule has 0 spiro atoms. The van der Waals surface area contributed by atoms with Gasteiger partial charge in [-0.15, -0.1) is 11.3 Å². The summed E-state index contributed by atoms with van der Waals surface area (Å²) < 4.78 is 8.63. The lowest BCUT2D eigenvalue weighted by Gasteiger charge is -2.37. The number of carbonyl (C=O) groups is 1. The highest BCUT2D eigenvalue weighted by atomic mass is 32.1. The van der Waals surface area contributed by atoms with Gasteiger partial charge in [-0.1, -0.05) is 19.1 Å². The van der Waals surface area contributed by atoms with E-state index in [4.69, 9.17) is 19.7 Å². The number of likely N-dealkylation sites (tertiary alicyclic amines) is 1. The molecule has 0 radical (unpaired) electrons. The van der Waals surface area contributed by atoms with Crippen LogP contribution in [0.3, 0.4) is 0 Å². The van der Waals surface area contributed by atoms with Crippen molar-refractivity contribution in [3.63, 3.8) is 0 Å². The van der Waals surface area contributed by atoms with Gasteiger partial charge in [0.15, 0.2) is 5.82 Å². The molecular weight excluding hydrogens is 512 g/mol. The van der Waals surface area contributed by atoms with E-state index in [9.17, 15) is 9.90 Å². The van der Waals surface area contributed by atoms with Crippen molar-refractivity contribution in [1.82, 2.24) is 24.4 Å². The van der Waals surface area contributed by atoms with Crippen molar-refractivity contribution in [3.05, 3.63) is 40.5 Å². The molecule has 0 bridgehead atoms. The number of imidazole rings is 1. The number of anilines is 1. The number of para-hydroxylation sites is 2. The Morgan fingerprint density at radius 1 is 1.10 bits per heavy atom. The number of carbonyl (C=O) groups excluding carboxylic acids is 1. The fourth-order valence-electron chi connectivity index (χ4n) is 5.82. The Morgan fingerprint density at radius 2 is 1.82 bits per heavy atom. The first-order valence-electron chi connectivity index (χ1n) is 13.9. The third kappa shape index (κ3) is 4.68. The van der Waals surface area contributed by atoms with Crippen molar-refractivity contribution < 1.29 is 14.6 Å². The highest BCUT2D eigenvalue weighted by Gasteiger charge is 2.34. The summed E-state index contributed by atoms with van der Waals surface area (Å²) in [4.78, 5) is 33.8. The molecule has 0 aliphatic carbocycles. The van der Waals surface area contributed by atoms with Crippen LogP contribution in [0, 0.1) is 12.8 Å². The number of piperidine rings is 1. The molecule has 5 heterocycles. The molecular formula is C29H36N6O3S. The van der Waals surface area contributed by atoms with Crippen LogP contribution in [0.2, 0.25) is 0 Å². The molecule has 0 unspecified atom stereocenters. The number of aryl methyl sites for hydroxylation is 2. The molecule has 3 aromatic heterocycles. The summed E-state index contributed by atoms with van der Waals surface area (Å²) in [6, 6.07) is 8.07. The van der Waals surface area contributed by atoms with Gasteiger partial charge in [0.25, 0.3) is 5.91 Å². The average molecular weight is 549 g/mol. The molecule has 9 nitrogen and oxygen atoms in total. The predicted molar refractivity (Wildman–Crippen MR) is 154 cm³/mol. The summed E-state index contributed by atoms with van der Waals surface area (Å²) in [5, 5.41) is 10.4. The van der Waals surface area contributed by atoms with Gasteiger partial charge in [-0.3, -0.25) is 9.36 Å². The Morgan fingerprint density at radius 3 is 2.51 bits per heavy atom. The van der Waals surface area contributed by atoms with Gasteiger partial charge in [-0.05, 0) is 57.2 Å². The maximum atomic E-state index is 13.8. The lowest BCUT2D eigenvalue weighted by atomic mass is 9.83. The van der Waals surface area contributed by atoms with Gasteiger partial charge >= 0.3 is 0 Å². The van der Waals surface area contributed by atoms with E-state index < -0.39 is 5.60 Å². The minimum Gasteiger partial charge on any atom is -0.390 e. The third-order valence-corrected chi connectivity index (χ3v) is 9.43. The second-order valence-corrected chi connectivity index (χ2v) is 12.1. The number of morpholine rings is 1. The summed E-state index contributed by atoms with van der Waals surface area (Å²) in [7, 11) is 0. The molecule has 6 rings (SSSR count). The molecule has 2 aliphatic heterocycles. The molecule has 2 fully saturated rings. The van der Waals surface area contributed by atoms with Crippen LogP contribution >= 0.6 is 11.3 Å². The van der Waals surface area contributed by atoms with Gasteiger partial charge in [0.2, 0.25) is 5.95 Å². The molecule has 1 N–H and O–H groups in total. The third-order valence-electron chi connectivity index (χ3n) is 8.17. The molecule has 0 saturated carbocycles. The van der Waals surface area contributed by atoms with E-state index >= 15 is 0 Å². The first-order chi connectivity index (χ1) is 18.8. The van der Waals surface area contributed by atoms with Gasteiger partial charge in [0.05, 0.1) is 44.9 Å². The van der Waals surface area contributed by atoms with E-state index in [0.717, 1.165) is 75.7 Å². The molecule has 0 atom stereocenters. The molecule has 206 valence electrons. The lowest BCUT2D eigenvalue weighted by molar-refractivity contribution is -0.0107. The van der Waals surface area contributed by atoms with Crippen LogP contribution < -0.4 is 4.90 Å². The van der Waals surface area contributed by atoms with Crippen molar-refractivity contribution in [2.75, 3.05) is 44.3 Å². The second-order valence-electron chi connectivity index (χ2n) is 11.1. The van der Waals surface area contributed by atoms with Crippen LogP contribution in [0.5, 0.6) is 0 Å². The van der Waals surface area contributed by atoms with E-state index in [1.165, 1.54) is 11.3 Å². The summed E-state index contributed by atoms with van der Waals surface area (Å²) in [6.45, 7) is 11.9. The number of amides is 1. The van der Waals surface area contributed by atoms with Gasteiger partial charge in [-0.25, -0.2) is 9.97 Å². The quantitative estimate of drug-likeness (QED) is 0.396. The summed E-state index contributed by atoms with van der Waals surface area (Å²) in [5.41, 5.74) is 2.88. The Hall–Kier alpha value is -3.08. The van der Waals surface area contributed by atoms with E-state index in [2.05, 4.69) is 22.5 Å². The van der Waals surface area contributed by atoms with Crippen LogP contribution in [-0.4, -0.2) is 80.4 Å². The van der Waals surface area contributed by atoms with Crippen molar-refractivity contribution >= 4 is 44.3 Å². The second kappa shape index (κ2) is 10.1. The zero-order chi connectivity index (χ0) is 27.3. The Labute approximate surface area is 232 Å². The lowest BCUT2D eigenvalue weighted by Crippen LogP contribution is -2.44. The van der Waals surface area contributed by atoms with E-state index in [-0.39, 0.29) is 11.8 Å². The Kier molecular flexibility index (Phi) is 6.81. The first kappa shape index (κ1) is 26.2. The molecule has 1 amide bonds. The monoisotopic (exact) mass is 548 g/mol. The van der Waals surface area contributed by atoms with Crippen molar-refractivity contribution in [2.45, 2.75) is 52.6 Å². The number of aliphatic hydroxyl groups is 1. The SMILES string of the molecule is CCc1nc2ccccc2n1-c1nc(N2CCOCC2)c2sc(C(=O)N3CCC(C(C)(C)O)CC3)c(C)c2n1. The fourth-order valence-corrected chi connectivity index (χ4v) is 7.06. The number of ether oxygens (including phenoxy) is 1. The molecule has 10 heteroatoms. The van der Waals surface area contributed by atoms with Gasteiger partial charge in [0.1, 0.15) is 5.82 Å². The smallest absolute Gasteiger partial charge is 0.264 e. The van der Waals surface area contributed by atoms with Crippen LogP contribution in [-0.2, 0) is 11.2 Å². The number of fused-ring (bicyclic) bond motifs is 2. The van der Waals surface area contributed by atoms with Crippen LogP contribution in [0.1, 0.15) is 54.7 Å². The summed E-state index contributed by atoms with van der Waals surface area (Å²) >= 11 is 1.50. The number of hydrogen-bond acceptors (Lipinski definition) is 8. The van der Waals surface area contributed by atoms with E-state index in [0.29, 0.717) is 32.3 Å². The minimum atomic E-state index is -0.726. The van der Waals surface area contributed by atoms with Crippen molar-refractivity contribution in [1.29, 1.82) is 0 Å². The maximum Gasteiger partial charge on any atom is 0.264 e. The average Bonchev–Trinajstić information content (AvgIpc) is 3.50. The van der Waals surface area contributed by atoms with Gasteiger partial charge in [-0.2, -0.15) is 4.98 Å². The predicted octanol–water partition coefficient (Wildman–Crippen LogP) is 4.36. The minimum absolute atomic E-state index is 0.0431. The number of nitrogens with zero attached hydrogens (tertiary/aromatic N) is 6. The molecule has 39 heavy (non-hydrogen) atoms. The Balaban J connectivity index is 1.45. The van der Waals surface area contributed by atoms with E-state index in [1.54, 1.807) is 0 Å². The van der Waals surface area contributed by atoms with E-state index in [1.807, 2.05) is 43.9 Å². The van der Waals surface area contributed by atoms with Crippen molar-refractivity contribution in [2.24, 2.45) is 5.92 Å². The Bertz CT molecular complexity index is 1520. The van der Waals surface area contributed by atoms with Gasteiger partial charge in [0, 0.05) is 32.6 Å². The largest absolute Gasteiger partial charge is 0.390 e. The number of thiophene rings is 1. The van der Waals surface area contributed by atoms with Crippen molar-refractivity contribution in [3.8, 4) is 5.95 Å². The zero-order valence-corrected chi connectivity index (χ0v) is 23.9. The van der Waals surface area contributed by atoms with Gasteiger partial charge < -0.3 is 19.6 Å². The highest BCUT2D eigenvalue weighted by molar-refractivity contribution is 7.21. The molecule has 4 aromatic rings. The topological polar surface area (TPSA) is 96.6 Å². The normalized spacial score (nSPS) is 17.5. The van der Waals surface area contributed by atoms with Crippen LogP contribution in [0.15, 0.2) is 24.3 Å². The molecule has 2 saturated heterocycles. The number of rotatable bonds is 5. The van der Waals surface area contributed by atoms with Crippen LogP contribution in [0.4, 0.5) is 5.82 Å². The maximum absolute atomic E-state index is 13.8. The zero-order valence-electron chi connectivity index (χ0n) is 23.1. The summed E-state index contributed by atoms with van der Waals surface area (Å²) in [5.74, 6) is 2.58. The number of hydrogen-bond donors (Lipinski definition) is 1. The first-order valence-corrected chi connectivity index (χ1v) is 14.7. The number of benzene rings is 1. The summed E-state index contributed by atoms with van der Waals surface area (Å²) in [6.07, 6.45) is 2.35. The number of aromatic nitrogens is 4. The molecule has 1 aromatic carbocycles. The molecule has 2 aliphatic rings.